The van der Waals surface area contributed by atoms with Crippen LogP contribution in [0.2, 0.25) is 0 Å². The molecule has 140 valence electrons. The fourth-order valence-electron chi connectivity index (χ4n) is 2.58. The van der Waals surface area contributed by atoms with Crippen LogP contribution < -0.4 is 0 Å². The Morgan fingerprint density at radius 2 is 1.25 bits per heavy atom. The number of Topliss-reactive ketones (excluding diaryl/α,β-unsaturated/α-hetero) is 1. The van der Waals surface area contributed by atoms with E-state index in [1.807, 2.05) is 26.5 Å². The largest absolute Gasteiger partial charge is 0.351 e. The Kier molecular flexibility index (Phi) is 9.79. The van der Waals surface area contributed by atoms with Crippen LogP contribution in [-0.4, -0.2) is 76.1 Å². The summed E-state index contributed by atoms with van der Waals surface area (Å²) < 4.78 is 0. The van der Waals surface area contributed by atoms with Crippen molar-refractivity contribution in [2.24, 2.45) is 0 Å². The van der Waals surface area contributed by atoms with Gasteiger partial charge in [0.2, 0.25) is 0 Å². The maximum Gasteiger partial charge on any atom is 0.152 e. The molecular formula is C15H28Cl2N4OS2. The molecular weight excluding hydrogens is 387 g/mol. The lowest BCUT2D eigenvalue weighted by Crippen LogP contribution is -2.34. The predicted octanol–water partition coefficient (Wildman–Crippen LogP) is 2.91. The summed E-state index contributed by atoms with van der Waals surface area (Å²) >= 11 is 3.39. The third kappa shape index (κ3) is 5.07. The number of carbonyl (C=O) groups excluding carboxylic acids is 1. The van der Waals surface area contributed by atoms with Gasteiger partial charge < -0.3 is 19.6 Å². The van der Waals surface area contributed by atoms with Crippen molar-refractivity contribution in [1.82, 2.24) is 19.6 Å². The predicted molar refractivity (Wildman–Crippen MR) is 111 cm³/mol. The van der Waals surface area contributed by atoms with E-state index in [4.69, 9.17) is 0 Å². The number of thioether (sulfide) groups is 2. The fourth-order valence-corrected chi connectivity index (χ4v) is 4.96. The average molecular weight is 415 g/mol. The van der Waals surface area contributed by atoms with E-state index < -0.39 is 0 Å². The third-order valence-corrected chi connectivity index (χ3v) is 7.14. The van der Waals surface area contributed by atoms with Gasteiger partial charge in [0.1, 0.15) is 11.0 Å². The molecule has 2 rings (SSSR count). The molecule has 0 aromatic heterocycles. The zero-order chi connectivity index (χ0) is 16.4. The van der Waals surface area contributed by atoms with Gasteiger partial charge in [-0.05, 0) is 13.8 Å². The van der Waals surface area contributed by atoms with Gasteiger partial charge in [0.05, 0.1) is 11.5 Å². The summed E-state index contributed by atoms with van der Waals surface area (Å²) in [6, 6.07) is 0. The minimum absolute atomic E-state index is 0. The number of halogens is 2. The smallest absolute Gasteiger partial charge is 0.152 e. The van der Waals surface area contributed by atoms with Gasteiger partial charge in [-0.2, -0.15) is 0 Å². The van der Waals surface area contributed by atoms with Crippen LogP contribution in [0.4, 0.5) is 0 Å². The second-order valence-electron chi connectivity index (χ2n) is 5.83. The Hall–Kier alpha value is -0.370. The van der Waals surface area contributed by atoms with E-state index in [1.165, 1.54) is 11.4 Å². The van der Waals surface area contributed by atoms with Crippen molar-refractivity contribution in [3.05, 3.63) is 23.8 Å². The number of rotatable bonds is 6. The second-order valence-corrected chi connectivity index (χ2v) is 7.92. The van der Waals surface area contributed by atoms with Gasteiger partial charge >= 0.3 is 0 Å². The summed E-state index contributed by atoms with van der Waals surface area (Å²) in [5.74, 6) is 1.41. The number of ketones is 1. The summed E-state index contributed by atoms with van der Waals surface area (Å²) in [5, 5.41) is 0. The van der Waals surface area contributed by atoms with E-state index in [-0.39, 0.29) is 35.8 Å². The lowest BCUT2D eigenvalue weighted by molar-refractivity contribution is -0.114. The van der Waals surface area contributed by atoms with Crippen LogP contribution in [-0.2, 0) is 4.79 Å². The summed E-state index contributed by atoms with van der Waals surface area (Å²) in [7, 11) is 8.26. The molecule has 2 aliphatic rings. The highest BCUT2D eigenvalue weighted by molar-refractivity contribution is 8.02. The first-order valence-corrected chi connectivity index (χ1v) is 9.43. The summed E-state index contributed by atoms with van der Waals surface area (Å²) in [6.45, 7) is 4.26. The maximum absolute atomic E-state index is 12.2. The highest BCUT2D eigenvalue weighted by Crippen LogP contribution is 2.32. The maximum atomic E-state index is 12.2. The zero-order valence-corrected chi connectivity index (χ0v) is 18.3. The number of nitrogens with zero attached hydrogens (tertiary/aromatic N) is 4. The van der Waals surface area contributed by atoms with E-state index in [9.17, 15) is 4.79 Å². The normalized spacial score (nSPS) is 18.4. The van der Waals surface area contributed by atoms with Gasteiger partial charge in [0.15, 0.2) is 5.78 Å². The molecule has 0 aromatic carbocycles. The van der Waals surface area contributed by atoms with Crippen molar-refractivity contribution in [2.45, 2.75) is 24.8 Å². The first-order valence-electron chi connectivity index (χ1n) is 7.33. The van der Waals surface area contributed by atoms with E-state index >= 15 is 0 Å². The van der Waals surface area contributed by atoms with Crippen LogP contribution in [0.3, 0.4) is 0 Å². The molecule has 0 saturated carbocycles. The van der Waals surface area contributed by atoms with Gasteiger partial charge in [-0.15, -0.1) is 48.3 Å². The second kappa shape index (κ2) is 9.94. The van der Waals surface area contributed by atoms with Crippen molar-refractivity contribution in [3.8, 4) is 0 Å². The Bertz CT molecular complexity index is 474. The first-order chi connectivity index (χ1) is 10.3. The topological polar surface area (TPSA) is 30.0 Å². The van der Waals surface area contributed by atoms with Crippen molar-refractivity contribution < 1.29 is 4.79 Å². The number of hydrogen-bond donors (Lipinski definition) is 0. The molecule has 0 unspecified atom stereocenters. The highest BCUT2D eigenvalue weighted by atomic mass is 35.5. The van der Waals surface area contributed by atoms with Crippen LogP contribution >= 0.6 is 48.3 Å². The summed E-state index contributed by atoms with van der Waals surface area (Å²) in [4.78, 5) is 20.9. The van der Waals surface area contributed by atoms with Gasteiger partial charge in [-0.1, -0.05) is 0 Å². The lowest BCUT2D eigenvalue weighted by Gasteiger charge is -2.29. The van der Waals surface area contributed by atoms with Crippen LogP contribution in [0.5, 0.6) is 0 Å². The van der Waals surface area contributed by atoms with Crippen molar-refractivity contribution >= 4 is 54.1 Å². The molecule has 0 spiro atoms. The minimum atomic E-state index is 0. The lowest BCUT2D eigenvalue weighted by atomic mass is 10.4. The van der Waals surface area contributed by atoms with Crippen molar-refractivity contribution in [2.75, 3.05) is 39.7 Å². The molecule has 0 radical (unpaired) electrons. The van der Waals surface area contributed by atoms with Crippen LogP contribution in [0.15, 0.2) is 23.8 Å². The molecule has 24 heavy (non-hydrogen) atoms. The zero-order valence-electron chi connectivity index (χ0n) is 15.1. The average Bonchev–Trinajstić information content (AvgIpc) is 2.89. The van der Waals surface area contributed by atoms with Crippen molar-refractivity contribution in [3.63, 3.8) is 0 Å². The van der Waals surface area contributed by atoms with Gasteiger partial charge in [0.25, 0.3) is 0 Å². The molecule has 0 saturated heterocycles. The Balaban J connectivity index is 0.00000264. The molecule has 2 aliphatic heterocycles. The molecule has 9 heteroatoms. The Morgan fingerprint density at radius 1 is 0.875 bits per heavy atom. The van der Waals surface area contributed by atoms with Crippen molar-refractivity contribution in [1.29, 1.82) is 0 Å². The van der Waals surface area contributed by atoms with Crippen LogP contribution in [0.1, 0.15) is 13.8 Å². The molecule has 0 fully saturated rings. The van der Waals surface area contributed by atoms with Crippen LogP contribution in [0.25, 0.3) is 0 Å². The van der Waals surface area contributed by atoms with E-state index in [2.05, 4.69) is 47.5 Å². The van der Waals surface area contributed by atoms with E-state index in [0.29, 0.717) is 17.3 Å². The highest BCUT2D eigenvalue weighted by Gasteiger charge is 2.30. The minimum Gasteiger partial charge on any atom is -0.351 e. The molecule has 0 amide bonds. The van der Waals surface area contributed by atoms with E-state index in [1.54, 1.807) is 23.5 Å². The first kappa shape index (κ1) is 23.6. The molecule has 0 bridgehead atoms. The summed E-state index contributed by atoms with van der Waals surface area (Å²) in [5.41, 5.74) is 3.02. The SMILES string of the molecule is CC1=C(C)N(C)C(SCC(=O)CSC2N(C)C=CN2C)N1C.Cl.Cl. The monoisotopic (exact) mass is 414 g/mol. The fraction of sp³-hybridized carbons (Fsp3) is 0.667. The van der Waals surface area contributed by atoms with Gasteiger partial charge in [-0.3, -0.25) is 4.79 Å². The molecule has 2 heterocycles. The standard InChI is InChI=1S/C15H26N4OS2.2ClH/c1-11-12(2)19(6)15(18(11)5)22-10-13(20)9-21-14-16(3)7-8-17(14)4;;/h7-8,14-15H,9-10H2,1-6H3;2*1H. The molecule has 0 N–H and O–H groups in total. The third-order valence-electron chi connectivity index (χ3n) is 4.26. The number of hydrogen-bond acceptors (Lipinski definition) is 7. The summed E-state index contributed by atoms with van der Waals surface area (Å²) in [6.07, 6.45) is 4.08. The quantitative estimate of drug-likeness (QED) is 0.659. The van der Waals surface area contributed by atoms with Crippen LogP contribution in [0, 0.1) is 0 Å². The molecule has 0 aromatic rings. The van der Waals surface area contributed by atoms with E-state index in [0.717, 1.165) is 0 Å². The molecule has 5 nitrogen and oxygen atoms in total. The van der Waals surface area contributed by atoms with Gasteiger partial charge in [-0.25, -0.2) is 0 Å². The molecule has 0 aliphatic carbocycles. The Morgan fingerprint density at radius 3 is 1.67 bits per heavy atom. The number of allylic oxidation sites excluding steroid dienone is 2. The molecule has 0 atom stereocenters. The van der Waals surface area contributed by atoms with Gasteiger partial charge in [0, 0.05) is 52.0 Å². The number of carbonyl (C=O) groups is 1. The Labute approximate surface area is 166 Å².